The summed E-state index contributed by atoms with van der Waals surface area (Å²) in [6.45, 7) is 2.08. The molecule has 1 saturated carbocycles. The molecule has 0 aromatic carbocycles. The highest BCUT2D eigenvalue weighted by molar-refractivity contribution is 6.03. The maximum Gasteiger partial charge on any atom is 0.276 e. The summed E-state index contributed by atoms with van der Waals surface area (Å²) in [5.41, 5.74) is 8.25. The minimum Gasteiger partial charge on any atom is -0.394 e. The highest BCUT2D eigenvalue weighted by atomic mass is 16.3. The van der Waals surface area contributed by atoms with Crippen LogP contribution in [0.3, 0.4) is 0 Å². The van der Waals surface area contributed by atoms with Crippen molar-refractivity contribution in [1.82, 2.24) is 19.6 Å². The van der Waals surface area contributed by atoms with Gasteiger partial charge in [-0.1, -0.05) is 13.3 Å². The maximum absolute atomic E-state index is 13.0. The fraction of sp³-hybridized carbons (Fsp3) is 0.478. The van der Waals surface area contributed by atoms with E-state index in [0.29, 0.717) is 22.8 Å². The van der Waals surface area contributed by atoms with Gasteiger partial charge < -0.3 is 26.8 Å². The van der Waals surface area contributed by atoms with Gasteiger partial charge in [0.1, 0.15) is 5.82 Å². The first kappa shape index (κ1) is 22.9. The van der Waals surface area contributed by atoms with Crippen molar-refractivity contribution < 1.29 is 9.90 Å². The van der Waals surface area contributed by atoms with Crippen molar-refractivity contribution in [2.75, 3.05) is 22.6 Å². The van der Waals surface area contributed by atoms with Crippen LogP contribution in [0.1, 0.15) is 55.9 Å². The van der Waals surface area contributed by atoms with Crippen LogP contribution in [0.15, 0.2) is 36.8 Å². The smallest absolute Gasteiger partial charge is 0.276 e. The van der Waals surface area contributed by atoms with E-state index in [0.717, 1.165) is 44.2 Å². The van der Waals surface area contributed by atoms with Gasteiger partial charge in [-0.05, 0) is 44.2 Å². The zero-order chi connectivity index (χ0) is 23.2. The number of carbonyl (C=O) groups is 1. The second-order valence-corrected chi connectivity index (χ2v) is 8.58. The Balaban J connectivity index is 1.66. The third kappa shape index (κ3) is 5.58. The molecular weight excluding hydrogens is 420 g/mol. The van der Waals surface area contributed by atoms with E-state index >= 15 is 0 Å². The van der Waals surface area contributed by atoms with Gasteiger partial charge >= 0.3 is 0 Å². The highest BCUT2D eigenvalue weighted by Gasteiger charge is 2.22. The lowest BCUT2D eigenvalue weighted by Gasteiger charge is -2.27. The Morgan fingerprint density at radius 2 is 2.03 bits per heavy atom. The molecule has 0 saturated heterocycles. The molecule has 6 N–H and O–H groups in total. The van der Waals surface area contributed by atoms with Gasteiger partial charge in [-0.3, -0.25) is 9.78 Å². The van der Waals surface area contributed by atoms with Crippen molar-refractivity contribution in [2.24, 2.45) is 5.73 Å². The molecule has 3 aromatic heterocycles. The van der Waals surface area contributed by atoms with Crippen molar-refractivity contribution >= 4 is 28.7 Å². The molecule has 0 radical (unpaired) electrons. The Morgan fingerprint density at radius 1 is 1.27 bits per heavy atom. The van der Waals surface area contributed by atoms with Crippen molar-refractivity contribution in [1.29, 1.82) is 0 Å². The lowest BCUT2D eigenvalue weighted by Crippen LogP contribution is -2.33. The van der Waals surface area contributed by atoms with Gasteiger partial charge in [-0.25, -0.2) is 9.50 Å². The van der Waals surface area contributed by atoms with Crippen LogP contribution in [0, 0.1) is 0 Å². The predicted octanol–water partition coefficient (Wildman–Crippen LogP) is 2.63. The van der Waals surface area contributed by atoms with E-state index in [2.05, 4.69) is 37.9 Å². The molecule has 33 heavy (non-hydrogen) atoms. The first-order valence-electron chi connectivity index (χ1n) is 11.6. The average Bonchev–Trinajstić information content (AvgIpc) is 3.25. The van der Waals surface area contributed by atoms with Gasteiger partial charge in [0, 0.05) is 42.3 Å². The number of pyridine rings is 1. The fourth-order valence-corrected chi connectivity index (χ4v) is 4.18. The average molecular weight is 453 g/mol. The summed E-state index contributed by atoms with van der Waals surface area (Å²) in [6, 6.07) is 5.75. The number of amides is 1. The Bertz CT molecular complexity index is 1060. The predicted molar refractivity (Wildman–Crippen MR) is 128 cm³/mol. The van der Waals surface area contributed by atoms with Crippen LogP contribution < -0.4 is 21.7 Å². The zero-order valence-electron chi connectivity index (χ0n) is 18.9. The number of fused-ring (bicyclic) bond motifs is 1. The van der Waals surface area contributed by atoms with Crippen LogP contribution in [-0.4, -0.2) is 55.3 Å². The quantitative estimate of drug-likeness (QED) is 0.333. The Labute approximate surface area is 193 Å². The molecule has 0 spiro atoms. The van der Waals surface area contributed by atoms with Gasteiger partial charge in [0.15, 0.2) is 11.3 Å². The molecule has 4 rings (SSSR count). The molecule has 1 atom stereocenters. The van der Waals surface area contributed by atoms with E-state index in [1.54, 1.807) is 29.0 Å². The van der Waals surface area contributed by atoms with E-state index in [-0.39, 0.29) is 30.6 Å². The summed E-state index contributed by atoms with van der Waals surface area (Å²) in [4.78, 5) is 21.4. The number of nitrogens with zero attached hydrogens (tertiary/aromatic N) is 4. The molecule has 0 bridgehead atoms. The van der Waals surface area contributed by atoms with E-state index in [9.17, 15) is 9.90 Å². The number of imidazole rings is 1. The number of hydrogen-bond acceptors (Lipinski definition) is 8. The fourth-order valence-electron chi connectivity index (χ4n) is 4.18. The molecule has 1 aliphatic carbocycles. The van der Waals surface area contributed by atoms with Crippen molar-refractivity contribution in [2.45, 2.75) is 63.6 Å². The lowest BCUT2D eigenvalue weighted by atomic mass is 9.92. The number of nitrogens with one attached hydrogen (secondary N) is 3. The molecule has 0 aliphatic heterocycles. The monoisotopic (exact) mass is 452 g/mol. The second kappa shape index (κ2) is 10.6. The van der Waals surface area contributed by atoms with E-state index in [1.165, 1.54) is 6.20 Å². The van der Waals surface area contributed by atoms with Crippen molar-refractivity contribution in [3.05, 3.63) is 42.5 Å². The summed E-state index contributed by atoms with van der Waals surface area (Å²) in [7, 11) is 0. The minimum atomic E-state index is -0.319. The summed E-state index contributed by atoms with van der Waals surface area (Å²) in [6.07, 6.45) is 10.4. The molecular formula is C23H32N8O2. The lowest BCUT2D eigenvalue weighted by molar-refractivity contribution is 0.102. The van der Waals surface area contributed by atoms with E-state index < -0.39 is 0 Å². The number of aliphatic hydroxyl groups is 1. The Morgan fingerprint density at radius 3 is 2.73 bits per heavy atom. The van der Waals surface area contributed by atoms with Gasteiger partial charge in [0.05, 0.1) is 18.5 Å². The van der Waals surface area contributed by atoms with E-state index in [1.807, 2.05) is 6.07 Å². The molecule has 10 heteroatoms. The summed E-state index contributed by atoms with van der Waals surface area (Å²) in [5.74, 6) is 0.329. The zero-order valence-corrected chi connectivity index (χ0v) is 18.9. The normalized spacial score (nSPS) is 19.2. The van der Waals surface area contributed by atoms with E-state index in [4.69, 9.17) is 5.73 Å². The van der Waals surface area contributed by atoms with Gasteiger partial charge in [-0.15, -0.1) is 5.10 Å². The number of rotatable bonds is 9. The Kier molecular flexibility index (Phi) is 7.36. The molecule has 10 nitrogen and oxygen atoms in total. The largest absolute Gasteiger partial charge is 0.394 e. The van der Waals surface area contributed by atoms with Crippen LogP contribution in [-0.2, 0) is 0 Å². The van der Waals surface area contributed by atoms with Gasteiger partial charge in [0.25, 0.3) is 5.91 Å². The van der Waals surface area contributed by atoms with Crippen molar-refractivity contribution in [3.8, 4) is 0 Å². The molecule has 1 aliphatic rings. The summed E-state index contributed by atoms with van der Waals surface area (Å²) in [5, 5.41) is 24.2. The van der Waals surface area contributed by atoms with Crippen molar-refractivity contribution in [3.63, 3.8) is 0 Å². The number of carbonyl (C=O) groups excluding carboxylic acids is 1. The third-order valence-corrected chi connectivity index (χ3v) is 5.98. The molecule has 1 amide bonds. The Hall–Kier alpha value is -3.24. The number of aromatic nitrogens is 4. The number of hydrogen-bond donors (Lipinski definition) is 5. The SMILES string of the molecule is CCCC(CO)Nc1cc(NC2CCC(N)CC2)nn2c(C(=O)Nc3ccncc3)cnc12. The van der Waals surface area contributed by atoms with Crippen LogP contribution >= 0.6 is 0 Å². The van der Waals surface area contributed by atoms with Crippen LogP contribution in [0.2, 0.25) is 0 Å². The summed E-state index contributed by atoms with van der Waals surface area (Å²) >= 11 is 0. The highest BCUT2D eigenvalue weighted by Crippen LogP contribution is 2.25. The van der Waals surface area contributed by atoms with Gasteiger partial charge in [-0.2, -0.15) is 0 Å². The van der Waals surface area contributed by atoms with Crippen LogP contribution in [0.4, 0.5) is 17.2 Å². The number of anilines is 3. The second-order valence-electron chi connectivity index (χ2n) is 8.58. The first-order valence-corrected chi connectivity index (χ1v) is 11.6. The maximum atomic E-state index is 13.0. The number of aliphatic hydroxyl groups excluding tert-OH is 1. The minimum absolute atomic E-state index is 0.00168. The molecule has 1 unspecified atom stereocenters. The standard InChI is InChI=1S/C23H32N8O2/c1-2-3-18(14-32)27-19-12-21(28-16-6-4-15(24)5-7-16)30-31-20(13-26-22(19)31)23(33)29-17-8-10-25-11-9-17/h8-13,15-16,18,27,32H,2-7,14,24H2,1H3,(H,28,30)(H,25,29,33). The number of nitrogens with two attached hydrogens (primary N) is 1. The van der Waals surface area contributed by atoms with Crippen LogP contribution in [0.5, 0.6) is 0 Å². The molecule has 1 fully saturated rings. The molecule has 3 aromatic rings. The summed E-state index contributed by atoms with van der Waals surface area (Å²) < 4.78 is 1.55. The molecule has 3 heterocycles. The third-order valence-electron chi connectivity index (χ3n) is 5.98. The topological polar surface area (TPSA) is 142 Å². The van der Waals surface area contributed by atoms with Crippen LogP contribution in [0.25, 0.3) is 5.65 Å². The first-order chi connectivity index (χ1) is 16.1. The van der Waals surface area contributed by atoms with Gasteiger partial charge in [0.2, 0.25) is 0 Å². The molecule has 176 valence electrons.